The molecule has 1 saturated carbocycles. The summed E-state index contributed by atoms with van der Waals surface area (Å²) in [5, 5.41) is 13.5. The third-order valence-electron chi connectivity index (χ3n) is 3.98. The molecule has 1 aromatic heterocycles. The van der Waals surface area contributed by atoms with Crippen molar-refractivity contribution in [3.63, 3.8) is 0 Å². The maximum atomic E-state index is 13.9. The molecule has 1 fully saturated rings. The Bertz CT molecular complexity index is 837. The molecule has 8 heteroatoms. The van der Waals surface area contributed by atoms with E-state index in [-0.39, 0.29) is 23.8 Å². The van der Waals surface area contributed by atoms with Crippen LogP contribution in [-0.4, -0.2) is 23.0 Å². The van der Waals surface area contributed by atoms with Crippen molar-refractivity contribution in [3.05, 3.63) is 63.2 Å². The van der Waals surface area contributed by atoms with E-state index in [1.54, 1.807) is 12.1 Å². The summed E-state index contributed by atoms with van der Waals surface area (Å²) in [6.45, 7) is 0.232. The minimum absolute atomic E-state index is 0.150. The molecule has 2 aromatic rings. The number of carbonyl (C=O) groups is 1. The van der Waals surface area contributed by atoms with Crippen LogP contribution in [0.4, 0.5) is 15.8 Å². The van der Waals surface area contributed by atoms with Gasteiger partial charge in [0.2, 0.25) is 0 Å². The fraction of sp³-hybridized carbons (Fsp3) is 0.294. The molecular formula is C17H16FN3O4. The molecule has 0 atom stereocenters. The molecule has 130 valence electrons. The summed E-state index contributed by atoms with van der Waals surface area (Å²) < 4.78 is 18.7. The third-order valence-corrected chi connectivity index (χ3v) is 3.98. The molecular weight excluding hydrogens is 329 g/mol. The zero-order chi connectivity index (χ0) is 18.0. The van der Waals surface area contributed by atoms with Crippen LogP contribution in [0.3, 0.4) is 0 Å². The van der Waals surface area contributed by atoms with E-state index in [0.717, 1.165) is 18.9 Å². The summed E-state index contributed by atoms with van der Waals surface area (Å²) in [5.74, 6) is -0.872. The average Bonchev–Trinajstić information content (AvgIpc) is 3.44. The van der Waals surface area contributed by atoms with Gasteiger partial charge in [-0.25, -0.2) is 9.18 Å². The summed E-state index contributed by atoms with van der Waals surface area (Å²) >= 11 is 0. The van der Waals surface area contributed by atoms with Crippen LogP contribution in [0.5, 0.6) is 0 Å². The topological polar surface area (TPSA) is 94.4 Å². The predicted molar refractivity (Wildman–Crippen MR) is 87.9 cm³/mol. The molecule has 0 radical (unpaired) electrons. The summed E-state index contributed by atoms with van der Waals surface area (Å²) in [7, 11) is 1.33. The zero-order valence-corrected chi connectivity index (χ0v) is 13.5. The Labute approximate surface area is 143 Å². The van der Waals surface area contributed by atoms with E-state index in [2.05, 4.69) is 10.3 Å². The third kappa shape index (κ3) is 3.73. The molecule has 1 heterocycles. The number of nitro benzene ring substituents is 1. The van der Waals surface area contributed by atoms with Gasteiger partial charge in [-0.3, -0.25) is 15.1 Å². The number of methoxy groups -OCH3 is 1. The quantitative estimate of drug-likeness (QED) is 0.490. The predicted octanol–water partition coefficient (Wildman–Crippen LogP) is 3.41. The normalized spacial score (nSPS) is 13.4. The lowest BCUT2D eigenvalue weighted by atomic mass is 10.1. The summed E-state index contributed by atoms with van der Waals surface area (Å²) in [6, 6.07) is 6.75. The SMILES string of the molecule is COC(=O)c1ccc(CNc2ccc([N+](=O)[O-])cc2F)nc1C1CC1. The summed E-state index contributed by atoms with van der Waals surface area (Å²) in [5.41, 5.74) is 1.65. The van der Waals surface area contributed by atoms with Crippen molar-refractivity contribution in [2.45, 2.75) is 25.3 Å². The number of halogens is 1. The fourth-order valence-electron chi connectivity index (χ4n) is 2.51. The Morgan fingerprint density at radius 2 is 2.16 bits per heavy atom. The van der Waals surface area contributed by atoms with Gasteiger partial charge in [0.1, 0.15) is 0 Å². The van der Waals surface area contributed by atoms with Gasteiger partial charge in [0.05, 0.1) is 47.3 Å². The van der Waals surface area contributed by atoms with Crippen molar-refractivity contribution >= 4 is 17.3 Å². The van der Waals surface area contributed by atoms with Crippen molar-refractivity contribution < 1.29 is 18.8 Å². The summed E-state index contributed by atoms with van der Waals surface area (Å²) in [4.78, 5) is 26.3. The highest BCUT2D eigenvalue weighted by molar-refractivity contribution is 5.90. The molecule has 0 amide bonds. The number of rotatable bonds is 6. The van der Waals surface area contributed by atoms with Crippen molar-refractivity contribution in [2.75, 3.05) is 12.4 Å². The molecule has 1 aliphatic carbocycles. The van der Waals surface area contributed by atoms with Gasteiger partial charge in [-0.15, -0.1) is 0 Å². The molecule has 3 rings (SSSR count). The molecule has 0 aliphatic heterocycles. The number of nitro groups is 1. The van der Waals surface area contributed by atoms with Crippen molar-refractivity contribution in [1.29, 1.82) is 0 Å². The van der Waals surface area contributed by atoms with E-state index in [9.17, 15) is 19.3 Å². The van der Waals surface area contributed by atoms with E-state index in [4.69, 9.17) is 4.74 Å². The van der Waals surface area contributed by atoms with Gasteiger partial charge in [0, 0.05) is 12.0 Å². The number of pyridine rings is 1. The number of hydrogen-bond donors (Lipinski definition) is 1. The van der Waals surface area contributed by atoms with E-state index in [1.807, 2.05) is 0 Å². The van der Waals surface area contributed by atoms with Crippen LogP contribution >= 0.6 is 0 Å². The number of carbonyl (C=O) groups excluding carboxylic acids is 1. The second-order valence-corrected chi connectivity index (χ2v) is 5.78. The standard InChI is InChI=1S/C17H16FN3O4/c1-25-17(22)13-6-4-11(20-16(13)10-2-3-10)9-19-15-7-5-12(21(23)24)8-14(15)18/h4-8,10,19H,2-3,9H2,1H3. The first-order chi connectivity index (χ1) is 12.0. The minimum Gasteiger partial charge on any atom is -0.465 e. The maximum Gasteiger partial charge on any atom is 0.339 e. The molecule has 25 heavy (non-hydrogen) atoms. The number of non-ortho nitro benzene ring substituents is 1. The monoisotopic (exact) mass is 345 g/mol. The van der Waals surface area contributed by atoms with E-state index >= 15 is 0 Å². The van der Waals surface area contributed by atoms with E-state index in [1.165, 1.54) is 19.2 Å². The largest absolute Gasteiger partial charge is 0.465 e. The van der Waals surface area contributed by atoms with Gasteiger partial charge in [-0.05, 0) is 31.0 Å². The van der Waals surface area contributed by atoms with Crippen molar-refractivity contribution in [1.82, 2.24) is 4.98 Å². The Balaban J connectivity index is 1.76. The molecule has 7 nitrogen and oxygen atoms in total. The lowest BCUT2D eigenvalue weighted by Crippen LogP contribution is -2.10. The van der Waals surface area contributed by atoms with Crippen molar-refractivity contribution in [3.8, 4) is 0 Å². The van der Waals surface area contributed by atoms with Crippen LogP contribution in [-0.2, 0) is 11.3 Å². The molecule has 1 aliphatic rings. The van der Waals surface area contributed by atoms with Crippen LogP contribution < -0.4 is 5.32 Å². The van der Waals surface area contributed by atoms with E-state index < -0.39 is 16.7 Å². The minimum atomic E-state index is -0.706. The van der Waals surface area contributed by atoms with Crippen LogP contribution in [0.15, 0.2) is 30.3 Å². The van der Waals surface area contributed by atoms with Crippen molar-refractivity contribution in [2.24, 2.45) is 0 Å². The first-order valence-corrected chi connectivity index (χ1v) is 7.75. The van der Waals surface area contributed by atoms with Crippen LogP contribution in [0.1, 0.15) is 40.5 Å². The lowest BCUT2D eigenvalue weighted by molar-refractivity contribution is -0.385. The zero-order valence-electron chi connectivity index (χ0n) is 13.5. The van der Waals surface area contributed by atoms with Crippen LogP contribution in [0.2, 0.25) is 0 Å². The second kappa shape index (κ2) is 6.84. The number of benzene rings is 1. The number of esters is 1. The number of nitrogens with zero attached hydrogens (tertiary/aromatic N) is 2. The van der Waals surface area contributed by atoms with Gasteiger partial charge in [0.25, 0.3) is 5.69 Å². The van der Waals surface area contributed by atoms with E-state index in [0.29, 0.717) is 17.0 Å². The Hall–Kier alpha value is -3.03. The molecule has 0 saturated heterocycles. The molecule has 0 bridgehead atoms. The van der Waals surface area contributed by atoms with Gasteiger partial charge < -0.3 is 10.1 Å². The number of ether oxygens (including phenoxy) is 1. The number of nitrogens with one attached hydrogen (secondary N) is 1. The fourth-order valence-corrected chi connectivity index (χ4v) is 2.51. The van der Waals surface area contributed by atoms with Crippen LogP contribution in [0.25, 0.3) is 0 Å². The molecule has 1 N–H and O–H groups in total. The van der Waals surface area contributed by atoms with Gasteiger partial charge in [-0.1, -0.05) is 0 Å². The first kappa shape index (κ1) is 16.8. The molecule has 0 unspecified atom stereocenters. The second-order valence-electron chi connectivity index (χ2n) is 5.78. The summed E-state index contributed by atoms with van der Waals surface area (Å²) in [6.07, 6.45) is 1.95. The Kier molecular flexibility index (Phi) is 4.60. The average molecular weight is 345 g/mol. The van der Waals surface area contributed by atoms with Gasteiger partial charge in [0.15, 0.2) is 5.82 Å². The number of aromatic nitrogens is 1. The Morgan fingerprint density at radius 1 is 1.40 bits per heavy atom. The molecule has 1 aromatic carbocycles. The maximum absolute atomic E-state index is 13.9. The first-order valence-electron chi connectivity index (χ1n) is 7.75. The Morgan fingerprint density at radius 3 is 2.76 bits per heavy atom. The smallest absolute Gasteiger partial charge is 0.339 e. The number of hydrogen-bond acceptors (Lipinski definition) is 6. The molecule has 0 spiro atoms. The van der Waals surface area contributed by atoms with Gasteiger partial charge in [-0.2, -0.15) is 0 Å². The number of anilines is 1. The highest BCUT2D eigenvalue weighted by Gasteiger charge is 2.30. The highest BCUT2D eigenvalue weighted by Crippen LogP contribution is 2.40. The van der Waals surface area contributed by atoms with Crippen LogP contribution in [0, 0.1) is 15.9 Å². The van der Waals surface area contributed by atoms with Gasteiger partial charge >= 0.3 is 5.97 Å². The lowest BCUT2D eigenvalue weighted by Gasteiger charge is -2.11. The highest BCUT2D eigenvalue weighted by atomic mass is 19.1.